The summed E-state index contributed by atoms with van der Waals surface area (Å²) in [4.78, 5) is 2.39. The first-order valence-corrected chi connectivity index (χ1v) is 7.05. The van der Waals surface area contributed by atoms with Crippen molar-refractivity contribution in [2.45, 2.75) is 65.0 Å². The number of hydrogen-bond donors (Lipinski definition) is 1. The van der Waals surface area contributed by atoms with Crippen LogP contribution in [0.5, 0.6) is 0 Å². The van der Waals surface area contributed by atoms with Gasteiger partial charge < -0.3 is 10.5 Å². The fourth-order valence-corrected chi connectivity index (χ4v) is 2.21. The van der Waals surface area contributed by atoms with E-state index in [1.807, 2.05) is 0 Å². The van der Waals surface area contributed by atoms with Gasteiger partial charge in [0.05, 0.1) is 12.7 Å². The lowest BCUT2D eigenvalue weighted by atomic mass is 9.88. The molecule has 1 unspecified atom stereocenters. The van der Waals surface area contributed by atoms with Crippen molar-refractivity contribution in [3.63, 3.8) is 0 Å². The minimum atomic E-state index is 0.163. The molecular formula is C14H32N2O. The van der Waals surface area contributed by atoms with Crippen molar-refractivity contribution in [1.29, 1.82) is 0 Å². The Labute approximate surface area is 108 Å². The van der Waals surface area contributed by atoms with E-state index in [2.05, 4.69) is 39.6 Å². The topological polar surface area (TPSA) is 38.5 Å². The van der Waals surface area contributed by atoms with E-state index in [-0.39, 0.29) is 5.54 Å². The number of hydrogen-bond acceptors (Lipinski definition) is 3. The van der Waals surface area contributed by atoms with Gasteiger partial charge in [-0.1, -0.05) is 26.7 Å². The zero-order valence-corrected chi connectivity index (χ0v) is 12.5. The zero-order valence-electron chi connectivity index (χ0n) is 12.5. The lowest BCUT2D eigenvalue weighted by Crippen LogP contribution is -2.52. The molecule has 0 aromatic carbocycles. The monoisotopic (exact) mass is 244 g/mol. The van der Waals surface area contributed by atoms with E-state index in [0.717, 1.165) is 26.1 Å². The van der Waals surface area contributed by atoms with Crippen molar-refractivity contribution < 1.29 is 4.74 Å². The van der Waals surface area contributed by atoms with Crippen LogP contribution in [0.3, 0.4) is 0 Å². The summed E-state index contributed by atoms with van der Waals surface area (Å²) in [5.74, 6) is 0. The van der Waals surface area contributed by atoms with Crippen LogP contribution in [0.1, 0.15) is 53.4 Å². The second kappa shape index (κ2) is 8.90. The SMILES string of the molecule is CCCCC(CC)(CN)N(C)CCOC(C)C. The predicted molar refractivity (Wildman–Crippen MR) is 75.3 cm³/mol. The molecule has 0 saturated carbocycles. The summed E-state index contributed by atoms with van der Waals surface area (Å²) >= 11 is 0. The number of likely N-dealkylation sites (N-methyl/N-ethyl adjacent to an activating group) is 1. The van der Waals surface area contributed by atoms with E-state index in [9.17, 15) is 0 Å². The molecule has 0 spiro atoms. The molecule has 2 N–H and O–H groups in total. The van der Waals surface area contributed by atoms with Crippen LogP contribution in [0.25, 0.3) is 0 Å². The predicted octanol–water partition coefficient (Wildman–Crippen LogP) is 2.64. The van der Waals surface area contributed by atoms with Crippen LogP contribution >= 0.6 is 0 Å². The van der Waals surface area contributed by atoms with Crippen LogP contribution in [-0.4, -0.2) is 43.3 Å². The summed E-state index contributed by atoms with van der Waals surface area (Å²) in [5, 5.41) is 0. The molecule has 17 heavy (non-hydrogen) atoms. The molecule has 0 amide bonds. The Morgan fingerprint density at radius 1 is 1.29 bits per heavy atom. The zero-order chi connectivity index (χ0) is 13.3. The third kappa shape index (κ3) is 5.84. The normalized spacial score (nSPS) is 15.5. The maximum atomic E-state index is 6.01. The molecule has 0 rings (SSSR count). The Kier molecular flexibility index (Phi) is 8.83. The van der Waals surface area contributed by atoms with Crippen LogP contribution in [-0.2, 0) is 4.74 Å². The number of rotatable bonds is 10. The van der Waals surface area contributed by atoms with Gasteiger partial charge in [-0.25, -0.2) is 0 Å². The van der Waals surface area contributed by atoms with Crippen LogP contribution in [0.2, 0.25) is 0 Å². The van der Waals surface area contributed by atoms with Crippen molar-refractivity contribution >= 4 is 0 Å². The Balaban J connectivity index is 4.26. The van der Waals surface area contributed by atoms with E-state index in [4.69, 9.17) is 10.5 Å². The van der Waals surface area contributed by atoms with Gasteiger partial charge in [-0.2, -0.15) is 0 Å². The maximum Gasteiger partial charge on any atom is 0.0597 e. The van der Waals surface area contributed by atoms with Crippen LogP contribution < -0.4 is 5.73 Å². The Bertz CT molecular complexity index is 179. The highest BCUT2D eigenvalue weighted by molar-refractivity contribution is 4.88. The molecule has 0 saturated heterocycles. The average Bonchev–Trinajstić information content (AvgIpc) is 2.30. The number of ether oxygens (including phenoxy) is 1. The van der Waals surface area contributed by atoms with Crippen LogP contribution in [0.4, 0.5) is 0 Å². The van der Waals surface area contributed by atoms with Gasteiger partial charge >= 0.3 is 0 Å². The first-order valence-electron chi connectivity index (χ1n) is 7.05. The summed E-state index contributed by atoms with van der Waals surface area (Å²) in [6.45, 7) is 11.1. The highest BCUT2D eigenvalue weighted by Gasteiger charge is 2.30. The van der Waals surface area contributed by atoms with E-state index in [1.54, 1.807) is 0 Å². The largest absolute Gasteiger partial charge is 0.377 e. The van der Waals surface area contributed by atoms with Crippen molar-refractivity contribution in [2.75, 3.05) is 26.7 Å². The van der Waals surface area contributed by atoms with Gasteiger partial charge in [0, 0.05) is 18.6 Å². The minimum Gasteiger partial charge on any atom is -0.377 e. The molecule has 3 nitrogen and oxygen atoms in total. The van der Waals surface area contributed by atoms with Crippen LogP contribution in [0.15, 0.2) is 0 Å². The van der Waals surface area contributed by atoms with Crippen molar-refractivity contribution in [3.8, 4) is 0 Å². The number of nitrogens with two attached hydrogens (primary N) is 1. The Hall–Kier alpha value is -0.120. The van der Waals surface area contributed by atoms with E-state index in [1.165, 1.54) is 19.3 Å². The fourth-order valence-electron chi connectivity index (χ4n) is 2.21. The van der Waals surface area contributed by atoms with Gasteiger partial charge in [-0.15, -0.1) is 0 Å². The molecule has 0 aromatic rings. The maximum absolute atomic E-state index is 6.01. The van der Waals surface area contributed by atoms with Gasteiger partial charge in [-0.3, -0.25) is 4.90 Å². The van der Waals surface area contributed by atoms with Gasteiger partial charge in [0.2, 0.25) is 0 Å². The van der Waals surface area contributed by atoms with Crippen molar-refractivity contribution in [1.82, 2.24) is 4.90 Å². The Morgan fingerprint density at radius 3 is 2.35 bits per heavy atom. The molecule has 104 valence electrons. The second-order valence-electron chi connectivity index (χ2n) is 5.23. The van der Waals surface area contributed by atoms with Gasteiger partial charge in [0.15, 0.2) is 0 Å². The molecule has 0 fully saturated rings. The molecule has 0 aliphatic carbocycles. The third-order valence-corrected chi connectivity index (χ3v) is 3.72. The van der Waals surface area contributed by atoms with Crippen molar-refractivity contribution in [3.05, 3.63) is 0 Å². The lowest BCUT2D eigenvalue weighted by Gasteiger charge is -2.41. The fraction of sp³-hybridized carbons (Fsp3) is 1.00. The summed E-state index contributed by atoms with van der Waals surface area (Å²) < 4.78 is 5.62. The molecule has 3 heteroatoms. The van der Waals surface area contributed by atoms with Gasteiger partial charge in [0.1, 0.15) is 0 Å². The number of nitrogens with zero attached hydrogens (tertiary/aromatic N) is 1. The van der Waals surface area contributed by atoms with Gasteiger partial charge in [0.25, 0.3) is 0 Å². The highest BCUT2D eigenvalue weighted by Crippen LogP contribution is 2.24. The molecule has 0 aliphatic heterocycles. The summed E-state index contributed by atoms with van der Waals surface area (Å²) in [5.41, 5.74) is 6.17. The third-order valence-electron chi connectivity index (χ3n) is 3.72. The first kappa shape index (κ1) is 16.9. The van der Waals surface area contributed by atoms with E-state index >= 15 is 0 Å². The quantitative estimate of drug-likeness (QED) is 0.642. The first-order chi connectivity index (χ1) is 8.02. The lowest BCUT2D eigenvalue weighted by molar-refractivity contribution is 0.0298. The van der Waals surface area contributed by atoms with Gasteiger partial charge in [-0.05, 0) is 33.7 Å². The molecular weight excluding hydrogens is 212 g/mol. The van der Waals surface area contributed by atoms with E-state index in [0.29, 0.717) is 6.10 Å². The smallest absolute Gasteiger partial charge is 0.0597 e. The molecule has 0 heterocycles. The molecule has 1 atom stereocenters. The Morgan fingerprint density at radius 2 is 1.94 bits per heavy atom. The number of unbranched alkanes of at least 4 members (excludes halogenated alkanes) is 1. The summed E-state index contributed by atoms with van der Waals surface area (Å²) in [6, 6.07) is 0. The molecule has 0 aromatic heterocycles. The van der Waals surface area contributed by atoms with Crippen LogP contribution in [0, 0.1) is 0 Å². The summed E-state index contributed by atoms with van der Waals surface area (Å²) in [6.07, 6.45) is 5.10. The molecule has 0 radical (unpaired) electrons. The van der Waals surface area contributed by atoms with E-state index < -0.39 is 0 Å². The summed E-state index contributed by atoms with van der Waals surface area (Å²) in [7, 11) is 2.18. The molecule has 0 bridgehead atoms. The minimum absolute atomic E-state index is 0.163. The standard InChI is InChI=1S/C14H32N2O/c1-6-8-9-14(7-2,12-15)16(5)10-11-17-13(3)4/h13H,6-12,15H2,1-5H3. The molecule has 0 aliphatic rings. The highest BCUT2D eigenvalue weighted by atomic mass is 16.5. The second-order valence-corrected chi connectivity index (χ2v) is 5.23. The van der Waals surface area contributed by atoms with Crippen molar-refractivity contribution in [2.24, 2.45) is 5.73 Å². The average molecular weight is 244 g/mol.